The average Bonchev–Trinajstić information content (AvgIpc) is 2.88. The number of nitrogens with one attached hydrogen (secondary N) is 1. The van der Waals surface area contributed by atoms with E-state index in [1.807, 2.05) is 6.07 Å². The fourth-order valence-corrected chi connectivity index (χ4v) is 4.03. The number of carbonyl (C=O) groups is 2. The van der Waals surface area contributed by atoms with E-state index in [1.165, 1.54) is 17.8 Å². The third kappa shape index (κ3) is 2.97. The molecule has 4 nitrogen and oxygen atoms in total. The lowest BCUT2D eigenvalue weighted by Crippen LogP contribution is -2.42. The van der Waals surface area contributed by atoms with Crippen molar-refractivity contribution >= 4 is 23.6 Å². The van der Waals surface area contributed by atoms with Crippen molar-refractivity contribution in [2.75, 3.05) is 18.2 Å². The normalized spacial score (nSPS) is 24.3. The molecule has 1 aliphatic heterocycles. The molecular formula is C16H19FN2O2S. The van der Waals surface area contributed by atoms with Gasteiger partial charge in [-0.2, -0.15) is 0 Å². The molecule has 2 atom stereocenters. The molecule has 6 heteroatoms. The Balaban J connectivity index is 1.73. The predicted molar refractivity (Wildman–Crippen MR) is 83.8 cm³/mol. The summed E-state index contributed by atoms with van der Waals surface area (Å²) in [6.07, 6.45) is 1.55. The maximum atomic E-state index is 13.9. The Kier molecular flexibility index (Phi) is 4.38. The molecular weight excluding hydrogens is 303 g/mol. The second-order valence-electron chi connectivity index (χ2n) is 5.94. The van der Waals surface area contributed by atoms with Crippen LogP contribution in [0.1, 0.15) is 30.5 Å². The van der Waals surface area contributed by atoms with Crippen molar-refractivity contribution in [3.63, 3.8) is 0 Å². The highest BCUT2D eigenvalue weighted by molar-refractivity contribution is 8.00. The van der Waals surface area contributed by atoms with Gasteiger partial charge >= 0.3 is 0 Å². The fraction of sp³-hybridized carbons (Fsp3) is 0.500. The maximum absolute atomic E-state index is 13.9. The lowest BCUT2D eigenvalue weighted by Gasteiger charge is -2.32. The highest BCUT2D eigenvalue weighted by Gasteiger charge is 2.30. The fourth-order valence-electron chi connectivity index (χ4n) is 3.13. The summed E-state index contributed by atoms with van der Waals surface area (Å²) in [5.41, 5.74) is 1.58. The zero-order valence-electron chi connectivity index (χ0n) is 12.5. The van der Waals surface area contributed by atoms with Gasteiger partial charge in [0.15, 0.2) is 0 Å². The zero-order valence-corrected chi connectivity index (χ0v) is 13.3. The van der Waals surface area contributed by atoms with Gasteiger partial charge in [0.05, 0.1) is 17.7 Å². The minimum absolute atomic E-state index is 0.00304. The summed E-state index contributed by atoms with van der Waals surface area (Å²) in [5.74, 6) is 0.892. The Morgan fingerprint density at radius 3 is 3.05 bits per heavy atom. The molecule has 0 aromatic heterocycles. The number of fused-ring (bicyclic) bond motifs is 1. The van der Waals surface area contributed by atoms with Crippen LogP contribution in [0.25, 0.3) is 0 Å². The number of rotatable bonds is 3. The van der Waals surface area contributed by atoms with Gasteiger partial charge in [-0.3, -0.25) is 9.59 Å². The topological polar surface area (TPSA) is 49.4 Å². The van der Waals surface area contributed by atoms with Crippen LogP contribution >= 0.6 is 11.8 Å². The van der Waals surface area contributed by atoms with Crippen LogP contribution in [0.5, 0.6) is 0 Å². The summed E-state index contributed by atoms with van der Waals surface area (Å²) >= 11 is 1.52. The van der Waals surface area contributed by atoms with Crippen LogP contribution in [-0.2, 0) is 16.0 Å². The lowest BCUT2D eigenvalue weighted by molar-refractivity contribution is -0.132. The molecule has 1 aromatic rings. The first-order valence-corrected chi connectivity index (χ1v) is 8.64. The first-order chi connectivity index (χ1) is 10.6. The van der Waals surface area contributed by atoms with E-state index >= 15 is 0 Å². The SMILES string of the molecule is C[C@H]1CCc2c(F)cccc2[C@@H]1NC(=O)CN1CSCC1=O. The number of carbonyl (C=O) groups excluding carboxylic acids is 2. The minimum Gasteiger partial charge on any atom is -0.347 e. The Hall–Kier alpha value is -1.56. The Labute approximate surface area is 133 Å². The number of hydrogen-bond acceptors (Lipinski definition) is 3. The molecule has 0 unspecified atom stereocenters. The number of halogens is 1. The molecule has 1 fully saturated rings. The van der Waals surface area contributed by atoms with Crippen LogP contribution in [-0.4, -0.2) is 34.9 Å². The molecule has 0 saturated carbocycles. The lowest BCUT2D eigenvalue weighted by atomic mass is 9.80. The summed E-state index contributed by atoms with van der Waals surface area (Å²) < 4.78 is 13.9. The van der Waals surface area contributed by atoms with Crippen molar-refractivity contribution in [1.82, 2.24) is 10.2 Å². The van der Waals surface area contributed by atoms with E-state index < -0.39 is 0 Å². The van der Waals surface area contributed by atoms with Crippen LogP contribution in [0.3, 0.4) is 0 Å². The average molecular weight is 322 g/mol. The molecule has 2 amide bonds. The maximum Gasteiger partial charge on any atom is 0.240 e. The summed E-state index contributed by atoms with van der Waals surface area (Å²) in [6, 6.07) is 4.85. The highest BCUT2D eigenvalue weighted by Crippen LogP contribution is 2.35. The van der Waals surface area contributed by atoms with Crippen molar-refractivity contribution in [2.24, 2.45) is 5.92 Å². The second kappa shape index (κ2) is 6.28. The van der Waals surface area contributed by atoms with Gasteiger partial charge in [-0.15, -0.1) is 11.8 Å². The smallest absolute Gasteiger partial charge is 0.240 e. The standard InChI is InChI=1S/C16H19FN2O2S/c1-10-5-6-11-12(3-2-4-13(11)17)16(10)18-14(20)7-19-9-22-8-15(19)21/h2-4,10,16H,5-9H2,1H3,(H,18,20)/t10-,16+/m0/s1. The Morgan fingerprint density at radius 2 is 2.32 bits per heavy atom. The molecule has 3 rings (SSSR count). The Morgan fingerprint density at radius 1 is 1.50 bits per heavy atom. The molecule has 1 saturated heterocycles. The van der Waals surface area contributed by atoms with Crippen molar-refractivity contribution in [3.05, 3.63) is 35.1 Å². The second-order valence-corrected chi connectivity index (χ2v) is 6.89. The van der Waals surface area contributed by atoms with E-state index in [1.54, 1.807) is 11.0 Å². The van der Waals surface area contributed by atoms with Crippen LogP contribution in [0.2, 0.25) is 0 Å². The molecule has 118 valence electrons. The largest absolute Gasteiger partial charge is 0.347 e. The first kappa shape index (κ1) is 15.3. The number of nitrogens with zero attached hydrogens (tertiary/aromatic N) is 1. The van der Waals surface area contributed by atoms with Gasteiger partial charge in [0.2, 0.25) is 11.8 Å². The van der Waals surface area contributed by atoms with Gasteiger partial charge in [0, 0.05) is 0 Å². The molecule has 0 radical (unpaired) electrons. The van der Waals surface area contributed by atoms with Crippen molar-refractivity contribution in [1.29, 1.82) is 0 Å². The van der Waals surface area contributed by atoms with Gasteiger partial charge in [0.1, 0.15) is 12.4 Å². The van der Waals surface area contributed by atoms with E-state index in [9.17, 15) is 14.0 Å². The van der Waals surface area contributed by atoms with E-state index in [0.717, 1.165) is 12.0 Å². The molecule has 0 spiro atoms. The van der Waals surface area contributed by atoms with Gasteiger partial charge in [-0.25, -0.2) is 4.39 Å². The molecule has 1 aliphatic carbocycles. The molecule has 0 bridgehead atoms. The minimum atomic E-state index is -0.199. The van der Waals surface area contributed by atoms with Crippen molar-refractivity contribution < 1.29 is 14.0 Å². The van der Waals surface area contributed by atoms with Gasteiger partial charge in [0.25, 0.3) is 0 Å². The first-order valence-electron chi connectivity index (χ1n) is 7.48. The van der Waals surface area contributed by atoms with Crippen LogP contribution in [0.15, 0.2) is 18.2 Å². The number of thioether (sulfide) groups is 1. The summed E-state index contributed by atoms with van der Waals surface area (Å²) in [6.45, 7) is 2.15. The molecule has 1 aromatic carbocycles. The number of hydrogen-bond donors (Lipinski definition) is 1. The van der Waals surface area contributed by atoms with Gasteiger partial charge in [-0.1, -0.05) is 19.1 Å². The quantitative estimate of drug-likeness (QED) is 0.927. The molecule has 1 N–H and O–H groups in total. The monoisotopic (exact) mass is 322 g/mol. The van der Waals surface area contributed by atoms with Crippen molar-refractivity contribution in [3.8, 4) is 0 Å². The van der Waals surface area contributed by atoms with Gasteiger partial charge < -0.3 is 10.2 Å². The van der Waals surface area contributed by atoms with Crippen LogP contribution < -0.4 is 5.32 Å². The van der Waals surface area contributed by atoms with E-state index in [2.05, 4.69) is 12.2 Å². The Bertz CT molecular complexity index is 608. The number of benzene rings is 1. The van der Waals surface area contributed by atoms with E-state index in [4.69, 9.17) is 0 Å². The molecule has 22 heavy (non-hydrogen) atoms. The van der Waals surface area contributed by atoms with Crippen molar-refractivity contribution in [2.45, 2.75) is 25.8 Å². The summed E-state index contributed by atoms with van der Waals surface area (Å²) in [7, 11) is 0. The molecule has 2 aliphatic rings. The van der Waals surface area contributed by atoms with Crippen LogP contribution in [0, 0.1) is 11.7 Å². The summed E-state index contributed by atoms with van der Waals surface area (Å²) in [5, 5.41) is 2.99. The third-order valence-corrected chi connectivity index (χ3v) is 5.33. The third-order valence-electron chi connectivity index (χ3n) is 4.39. The van der Waals surface area contributed by atoms with Gasteiger partial charge in [-0.05, 0) is 36.0 Å². The predicted octanol–water partition coefficient (Wildman–Crippen LogP) is 2.10. The van der Waals surface area contributed by atoms with Crippen LogP contribution in [0.4, 0.5) is 4.39 Å². The van der Waals surface area contributed by atoms with E-state index in [0.29, 0.717) is 23.6 Å². The van der Waals surface area contributed by atoms with E-state index in [-0.39, 0.29) is 36.1 Å². The number of amides is 2. The molecule has 1 heterocycles. The zero-order chi connectivity index (χ0) is 15.7. The highest BCUT2D eigenvalue weighted by atomic mass is 32.2. The summed E-state index contributed by atoms with van der Waals surface area (Å²) in [4.78, 5) is 25.4.